The Morgan fingerprint density at radius 3 is 1.75 bits per heavy atom. The molecule has 0 fully saturated rings. The summed E-state index contributed by atoms with van der Waals surface area (Å²) < 4.78 is 0. The lowest BCUT2D eigenvalue weighted by atomic mass is 10.1. The maximum absolute atomic E-state index is 5.23. The highest BCUT2D eigenvalue weighted by atomic mass is 14.5. The van der Waals surface area contributed by atoms with Crippen molar-refractivity contribution in [2.75, 3.05) is 6.54 Å². The van der Waals surface area contributed by atoms with Crippen LogP contribution >= 0.6 is 0 Å². The molecular weight excluding hydrogens is 98.1 g/mol. The van der Waals surface area contributed by atoms with Gasteiger partial charge in [-0.15, -0.1) is 0 Å². The molecule has 1 heteroatoms. The van der Waals surface area contributed by atoms with E-state index in [0.717, 1.165) is 18.9 Å². The standard InChI is InChI=1S/C5H13N.C2H6.H2/c1-5(2)3-4-6;1-2;/h5H,3-4,6H2,1-2H3;1-2H3;1H. The first-order valence-corrected chi connectivity index (χ1v) is 3.47. The molecule has 0 spiro atoms. The van der Waals surface area contributed by atoms with E-state index in [1.807, 2.05) is 13.8 Å². The van der Waals surface area contributed by atoms with Crippen molar-refractivity contribution in [3.8, 4) is 0 Å². The van der Waals surface area contributed by atoms with E-state index >= 15 is 0 Å². The van der Waals surface area contributed by atoms with Gasteiger partial charge in [0.15, 0.2) is 0 Å². The molecular formula is C7H21N. The average Bonchev–Trinajstić information content (AvgIpc) is 1.72. The van der Waals surface area contributed by atoms with E-state index in [1.54, 1.807) is 0 Å². The largest absolute Gasteiger partial charge is 0.330 e. The molecule has 0 amide bonds. The summed E-state index contributed by atoms with van der Waals surface area (Å²) in [5.41, 5.74) is 5.23. The number of hydrogen-bond donors (Lipinski definition) is 1. The molecule has 0 heterocycles. The second-order valence-electron chi connectivity index (χ2n) is 1.97. The Labute approximate surface area is 54.8 Å². The van der Waals surface area contributed by atoms with E-state index in [-0.39, 0.29) is 1.43 Å². The topological polar surface area (TPSA) is 26.0 Å². The lowest BCUT2D eigenvalue weighted by molar-refractivity contribution is 0.596. The molecule has 0 bridgehead atoms. The minimum atomic E-state index is 0. The number of nitrogens with two attached hydrogens (primary N) is 1. The molecule has 0 rings (SSSR count). The lowest BCUT2D eigenvalue weighted by Crippen LogP contribution is -2.01. The third-order valence-electron chi connectivity index (χ3n) is 0.744. The highest BCUT2D eigenvalue weighted by Crippen LogP contribution is 1.93. The molecule has 0 unspecified atom stereocenters. The van der Waals surface area contributed by atoms with Gasteiger partial charge in [-0.3, -0.25) is 0 Å². The molecule has 0 aliphatic heterocycles. The molecule has 2 N–H and O–H groups in total. The Bertz CT molecular complexity index is 30.1. The molecule has 54 valence electrons. The summed E-state index contributed by atoms with van der Waals surface area (Å²) in [6.07, 6.45) is 1.15. The molecule has 0 aliphatic carbocycles. The van der Waals surface area contributed by atoms with Crippen molar-refractivity contribution in [2.45, 2.75) is 34.1 Å². The zero-order valence-electron chi connectivity index (χ0n) is 6.57. The van der Waals surface area contributed by atoms with Gasteiger partial charge in [-0.25, -0.2) is 0 Å². The van der Waals surface area contributed by atoms with Crippen LogP contribution in [0.3, 0.4) is 0 Å². The van der Waals surface area contributed by atoms with E-state index in [2.05, 4.69) is 13.8 Å². The van der Waals surface area contributed by atoms with Crippen LogP contribution in [0.15, 0.2) is 0 Å². The van der Waals surface area contributed by atoms with E-state index in [4.69, 9.17) is 5.73 Å². The van der Waals surface area contributed by atoms with Crippen LogP contribution in [0.1, 0.15) is 35.5 Å². The number of hydrogen-bond acceptors (Lipinski definition) is 1. The van der Waals surface area contributed by atoms with Gasteiger partial charge in [0.05, 0.1) is 0 Å². The zero-order valence-corrected chi connectivity index (χ0v) is 6.57. The van der Waals surface area contributed by atoms with Gasteiger partial charge in [-0.2, -0.15) is 0 Å². The van der Waals surface area contributed by atoms with Gasteiger partial charge in [0.1, 0.15) is 0 Å². The molecule has 0 aromatic rings. The van der Waals surface area contributed by atoms with Gasteiger partial charge in [0, 0.05) is 1.43 Å². The molecule has 0 saturated carbocycles. The van der Waals surface area contributed by atoms with Gasteiger partial charge in [-0.1, -0.05) is 27.7 Å². The van der Waals surface area contributed by atoms with Gasteiger partial charge < -0.3 is 5.73 Å². The van der Waals surface area contributed by atoms with E-state index in [0.29, 0.717) is 0 Å². The fraction of sp³-hybridized carbons (Fsp3) is 1.00. The van der Waals surface area contributed by atoms with Crippen molar-refractivity contribution in [1.29, 1.82) is 0 Å². The highest BCUT2D eigenvalue weighted by Gasteiger charge is 1.85. The number of rotatable bonds is 2. The van der Waals surface area contributed by atoms with Crippen molar-refractivity contribution in [2.24, 2.45) is 11.7 Å². The average molecular weight is 119 g/mol. The first kappa shape index (κ1) is 10.9. The van der Waals surface area contributed by atoms with Gasteiger partial charge in [0.2, 0.25) is 0 Å². The summed E-state index contributed by atoms with van der Waals surface area (Å²) >= 11 is 0. The lowest BCUT2D eigenvalue weighted by Gasteiger charge is -1.96. The third-order valence-corrected chi connectivity index (χ3v) is 0.744. The first-order valence-electron chi connectivity index (χ1n) is 3.47. The van der Waals surface area contributed by atoms with Crippen LogP contribution in [-0.4, -0.2) is 6.54 Å². The summed E-state index contributed by atoms with van der Waals surface area (Å²) in [6.45, 7) is 9.18. The molecule has 0 aromatic carbocycles. The second kappa shape index (κ2) is 10.0. The Balaban J connectivity index is -0.000000109. The fourth-order valence-corrected chi connectivity index (χ4v) is 0.333. The van der Waals surface area contributed by atoms with Crippen molar-refractivity contribution >= 4 is 0 Å². The van der Waals surface area contributed by atoms with E-state index < -0.39 is 0 Å². The molecule has 0 aliphatic rings. The quantitative estimate of drug-likeness (QED) is 0.593. The summed E-state index contributed by atoms with van der Waals surface area (Å²) in [7, 11) is 0. The Morgan fingerprint density at radius 1 is 1.38 bits per heavy atom. The molecule has 1 nitrogen and oxygen atoms in total. The van der Waals surface area contributed by atoms with Gasteiger partial charge in [-0.05, 0) is 18.9 Å². The van der Waals surface area contributed by atoms with Gasteiger partial charge >= 0.3 is 0 Å². The molecule has 0 aromatic heterocycles. The Hall–Kier alpha value is -0.0400. The monoisotopic (exact) mass is 119 g/mol. The Kier molecular flexibility index (Phi) is 13.6. The summed E-state index contributed by atoms with van der Waals surface area (Å²) in [6, 6.07) is 0. The van der Waals surface area contributed by atoms with Crippen LogP contribution in [0.4, 0.5) is 0 Å². The molecule has 0 radical (unpaired) electrons. The predicted molar refractivity (Wildman–Crippen MR) is 42.0 cm³/mol. The maximum Gasteiger partial charge on any atom is 0 e. The van der Waals surface area contributed by atoms with Crippen molar-refractivity contribution < 1.29 is 1.43 Å². The fourth-order valence-electron chi connectivity index (χ4n) is 0.333. The molecule has 8 heavy (non-hydrogen) atoms. The molecule has 0 atom stereocenters. The second-order valence-corrected chi connectivity index (χ2v) is 1.97. The first-order chi connectivity index (χ1) is 3.77. The van der Waals surface area contributed by atoms with Crippen LogP contribution in [0, 0.1) is 5.92 Å². The normalized spacial score (nSPS) is 8.25. The van der Waals surface area contributed by atoms with Crippen LogP contribution < -0.4 is 5.73 Å². The minimum Gasteiger partial charge on any atom is -0.330 e. The third kappa shape index (κ3) is 16.7. The van der Waals surface area contributed by atoms with Crippen LogP contribution in [-0.2, 0) is 0 Å². The van der Waals surface area contributed by atoms with Crippen LogP contribution in [0.5, 0.6) is 0 Å². The minimum absolute atomic E-state index is 0. The molecule has 0 saturated heterocycles. The van der Waals surface area contributed by atoms with Crippen molar-refractivity contribution in [3.05, 3.63) is 0 Å². The zero-order chi connectivity index (χ0) is 6.99. The van der Waals surface area contributed by atoms with Crippen LogP contribution in [0.2, 0.25) is 0 Å². The Morgan fingerprint density at radius 2 is 1.75 bits per heavy atom. The van der Waals surface area contributed by atoms with Crippen molar-refractivity contribution in [3.63, 3.8) is 0 Å². The van der Waals surface area contributed by atoms with E-state index in [9.17, 15) is 0 Å². The predicted octanol–water partition coefficient (Wildman–Crippen LogP) is 2.26. The van der Waals surface area contributed by atoms with E-state index in [1.165, 1.54) is 0 Å². The highest BCUT2D eigenvalue weighted by molar-refractivity contribution is 4.42. The summed E-state index contributed by atoms with van der Waals surface area (Å²) in [5, 5.41) is 0. The maximum atomic E-state index is 5.23. The summed E-state index contributed by atoms with van der Waals surface area (Å²) in [5.74, 6) is 0.773. The van der Waals surface area contributed by atoms with Gasteiger partial charge in [0.25, 0.3) is 0 Å². The SMILES string of the molecule is CC.CC(C)CCN.[HH]. The van der Waals surface area contributed by atoms with Crippen molar-refractivity contribution in [1.82, 2.24) is 0 Å². The van der Waals surface area contributed by atoms with Crippen LogP contribution in [0.25, 0.3) is 0 Å². The summed E-state index contributed by atoms with van der Waals surface area (Å²) in [4.78, 5) is 0. The smallest absolute Gasteiger partial charge is 0 e.